The number of carbonyl (C=O) groups excluding carboxylic acids is 1. The minimum atomic E-state index is -0.310. The number of halogens is 1. The summed E-state index contributed by atoms with van der Waals surface area (Å²) in [7, 11) is 1.61. The third kappa shape index (κ3) is 3.74. The van der Waals surface area contributed by atoms with Crippen molar-refractivity contribution in [3.63, 3.8) is 0 Å². The summed E-state index contributed by atoms with van der Waals surface area (Å²) in [5, 5.41) is 0. The summed E-state index contributed by atoms with van der Waals surface area (Å²) in [5.41, 5.74) is 0.469. The Balaban J connectivity index is 2.54. The first-order valence-corrected chi connectivity index (χ1v) is 5.40. The molecule has 0 aliphatic rings. The second kappa shape index (κ2) is 6.38. The lowest BCUT2D eigenvalue weighted by atomic mass is 9.97. The summed E-state index contributed by atoms with van der Waals surface area (Å²) in [6, 6.07) is 6.39. The molecule has 88 valence electrons. The predicted molar refractivity (Wildman–Crippen MR) is 60.8 cm³/mol. The maximum Gasteiger partial charge on any atom is 0.140 e. The van der Waals surface area contributed by atoms with Gasteiger partial charge in [0.2, 0.25) is 0 Å². The number of ketones is 1. The first-order chi connectivity index (χ1) is 7.65. The van der Waals surface area contributed by atoms with Crippen LogP contribution in [0.1, 0.15) is 18.9 Å². The average molecular weight is 224 g/mol. The van der Waals surface area contributed by atoms with Crippen molar-refractivity contribution in [2.24, 2.45) is 5.92 Å². The van der Waals surface area contributed by atoms with Crippen LogP contribution >= 0.6 is 0 Å². The van der Waals surface area contributed by atoms with Crippen molar-refractivity contribution in [2.45, 2.75) is 19.8 Å². The van der Waals surface area contributed by atoms with E-state index in [4.69, 9.17) is 4.74 Å². The van der Waals surface area contributed by atoms with Crippen molar-refractivity contribution < 1.29 is 13.9 Å². The van der Waals surface area contributed by atoms with Gasteiger partial charge in [-0.15, -0.1) is 0 Å². The van der Waals surface area contributed by atoms with Gasteiger partial charge >= 0.3 is 0 Å². The molecule has 0 fully saturated rings. The molecule has 1 rings (SSSR count). The first-order valence-electron chi connectivity index (χ1n) is 5.40. The quantitative estimate of drug-likeness (QED) is 0.742. The molecule has 16 heavy (non-hydrogen) atoms. The highest BCUT2D eigenvalue weighted by molar-refractivity contribution is 5.82. The second-order valence-corrected chi connectivity index (χ2v) is 3.92. The largest absolute Gasteiger partial charge is 0.385 e. The van der Waals surface area contributed by atoms with E-state index < -0.39 is 0 Å². The van der Waals surface area contributed by atoms with Crippen LogP contribution in [0, 0.1) is 11.7 Å². The molecule has 1 aromatic rings. The molecule has 0 amide bonds. The SMILES string of the molecule is COCCC(C)C(=O)Cc1ccccc1F. The van der Waals surface area contributed by atoms with Crippen LogP contribution in [0.5, 0.6) is 0 Å². The van der Waals surface area contributed by atoms with Crippen LogP contribution in [-0.4, -0.2) is 19.5 Å². The first kappa shape index (κ1) is 12.8. The number of methoxy groups -OCH3 is 1. The zero-order valence-electron chi connectivity index (χ0n) is 9.70. The normalized spacial score (nSPS) is 12.4. The van der Waals surface area contributed by atoms with Crippen molar-refractivity contribution in [3.8, 4) is 0 Å². The fraction of sp³-hybridized carbons (Fsp3) is 0.462. The number of carbonyl (C=O) groups is 1. The Morgan fingerprint density at radius 3 is 2.75 bits per heavy atom. The molecule has 0 aliphatic heterocycles. The summed E-state index contributed by atoms with van der Waals surface area (Å²) < 4.78 is 18.2. The van der Waals surface area contributed by atoms with Gasteiger partial charge in [0, 0.05) is 26.1 Å². The molecule has 1 atom stereocenters. The highest BCUT2D eigenvalue weighted by Gasteiger charge is 2.14. The van der Waals surface area contributed by atoms with E-state index in [0.29, 0.717) is 18.6 Å². The minimum Gasteiger partial charge on any atom is -0.385 e. The van der Waals surface area contributed by atoms with E-state index in [1.807, 2.05) is 6.92 Å². The lowest BCUT2D eigenvalue weighted by Gasteiger charge is -2.09. The van der Waals surface area contributed by atoms with Crippen LogP contribution < -0.4 is 0 Å². The van der Waals surface area contributed by atoms with Gasteiger partial charge in [-0.25, -0.2) is 4.39 Å². The molecule has 0 spiro atoms. The van der Waals surface area contributed by atoms with E-state index in [1.54, 1.807) is 25.3 Å². The zero-order valence-corrected chi connectivity index (χ0v) is 9.70. The summed E-state index contributed by atoms with van der Waals surface area (Å²) in [5.74, 6) is -0.337. The van der Waals surface area contributed by atoms with Gasteiger partial charge in [-0.2, -0.15) is 0 Å². The van der Waals surface area contributed by atoms with Crippen molar-refractivity contribution in [1.29, 1.82) is 0 Å². The lowest BCUT2D eigenvalue weighted by Crippen LogP contribution is -2.16. The Labute approximate surface area is 95.4 Å². The molecule has 0 N–H and O–H groups in total. The standard InChI is InChI=1S/C13H17FO2/c1-10(7-8-16-2)13(15)9-11-5-3-4-6-12(11)14/h3-6,10H,7-9H2,1-2H3. The number of rotatable bonds is 6. The highest BCUT2D eigenvalue weighted by Crippen LogP contribution is 2.12. The number of ether oxygens (including phenoxy) is 1. The number of benzene rings is 1. The van der Waals surface area contributed by atoms with Gasteiger partial charge in [0.25, 0.3) is 0 Å². The molecule has 3 heteroatoms. The summed E-state index contributed by atoms with van der Waals surface area (Å²) in [6.45, 7) is 2.41. The topological polar surface area (TPSA) is 26.3 Å². The van der Waals surface area contributed by atoms with Crippen LogP contribution in [0.3, 0.4) is 0 Å². The van der Waals surface area contributed by atoms with E-state index >= 15 is 0 Å². The molecule has 0 aliphatic carbocycles. The van der Waals surface area contributed by atoms with Crippen LogP contribution in [0.4, 0.5) is 4.39 Å². The van der Waals surface area contributed by atoms with Gasteiger partial charge in [0.1, 0.15) is 11.6 Å². The molecule has 0 aromatic heterocycles. The number of Topliss-reactive ketones (excluding diaryl/α,β-unsaturated/α-hetero) is 1. The molecular formula is C13H17FO2. The van der Waals surface area contributed by atoms with E-state index in [1.165, 1.54) is 6.07 Å². The smallest absolute Gasteiger partial charge is 0.140 e. The fourth-order valence-corrected chi connectivity index (χ4v) is 1.46. The monoisotopic (exact) mass is 224 g/mol. The summed E-state index contributed by atoms with van der Waals surface area (Å²) in [4.78, 5) is 11.7. The Bertz CT molecular complexity index is 350. The van der Waals surface area contributed by atoms with Gasteiger partial charge in [0.15, 0.2) is 0 Å². The Hall–Kier alpha value is -1.22. The molecule has 0 radical (unpaired) electrons. The fourth-order valence-electron chi connectivity index (χ4n) is 1.46. The summed E-state index contributed by atoms with van der Waals surface area (Å²) >= 11 is 0. The van der Waals surface area contributed by atoms with Crippen LogP contribution in [0.25, 0.3) is 0 Å². The molecule has 1 unspecified atom stereocenters. The number of hydrogen-bond donors (Lipinski definition) is 0. The number of hydrogen-bond acceptors (Lipinski definition) is 2. The third-order valence-electron chi connectivity index (χ3n) is 2.63. The van der Waals surface area contributed by atoms with Gasteiger partial charge in [-0.3, -0.25) is 4.79 Å². The zero-order chi connectivity index (χ0) is 12.0. The predicted octanol–water partition coefficient (Wildman–Crippen LogP) is 2.61. The molecule has 0 saturated heterocycles. The Morgan fingerprint density at radius 2 is 2.12 bits per heavy atom. The van der Waals surface area contributed by atoms with Crippen LogP contribution in [0.15, 0.2) is 24.3 Å². The maximum atomic E-state index is 13.3. The minimum absolute atomic E-state index is 0.0575. The lowest BCUT2D eigenvalue weighted by molar-refractivity contribution is -0.122. The van der Waals surface area contributed by atoms with Crippen molar-refractivity contribution >= 4 is 5.78 Å². The molecule has 0 bridgehead atoms. The molecule has 0 saturated carbocycles. The van der Waals surface area contributed by atoms with Crippen LogP contribution in [0.2, 0.25) is 0 Å². The van der Waals surface area contributed by atoms with Crippen molar-refractivity contribution in [1.82, 2.24) is 0 Å². The highest BCUT2D eigenvalue weighted by atomic mass is 19.1. The van der Waals surface area contributed by atoms with Gasteiger partial charge < -0.3 is 4.74 Å². The Kier molecular flexibility index (Phi) is 5.12. The Morgan fingerprint density at radius 1 is 1.44 bits per heavy atom. The van der Waals surface area contributed by atoms with Crippen LogP contribution in [-0.2, 0) is 16.0 Å². The molecular weight excluding hydrogens is 207 g/mol. The van der Waals surface area contributed by atoms with E-state index in [-0.39, 0.29) is 23.9 Å². The maximum absolute atomic E-state index is 13.3. The third-order valence-corrected chi connectivity index (χ3v) is 2.63. The van der Waals surface area contributed by atoms with Crippen molar-refractivity contribution in [2.75, 3.05) is 13.7 Å². The van der Waals surface area contributed by atoms with E-state index in [0.717, 1.165) is 0 Å². The van der Waals surface area contributed by atoms with Gasteiger partial charge in [-0.1, -0.05) is 25.1 Å². The molecule has 2 nitrogen and oxygen atoms in total. The van der Waals surface area contributed by atoms with Gasteiger partial charge in [-0.05, 0) is 18.1 Å². The second-order valence-electron chi connectivity index (χ2n) is 3.92. The molecule has 0 heterocycles. The van der Waals surface area contributed by atoms with Crippen molar-refractivity contribution in [3.05, 3.63) is 35.6 Å². The van der Waals surface area contributed by atoms with E-state index in [9.17, 15) is 9.18 Å². The average Bonchev–Trinajstić information content (AvgIpc) is 2.28. The summed E-state index contributed by atoms with van der Waals surface area (Å²) in [6.07, 6.45) is 0.849. The van der Waals surface area contributed by atoms with Gasteiger partial charge in [0.05, 0.1) is 0 Å². The molecule has 1 aromatic carbocycles. The van der Waals surface area contributed by atoms with E-state index in [2.05, 4.69) is 0 Å².